The summed E-state index contributed by atoms with van der Waals surface area (Å²) in [6.45, 7) is 5.00. The van der Waals surface area contributed by atoms with Crippen LogP contribution in [0.25, 0.3) is 0 Å². The van der Waals surface area contributed by atoms with E-state index in [1.165, 1.54) is 11.8 Å². The van der Waals surface area contributed by atoms with Crippen molar-refractivity contribution < 1.29 is 13.2 Å². The van der Waals surface area contributed by atoms with Crippen molar-refractivity contribution in [1.82, 2.24) is 0 Å². The minimum absolute atomic E-state index is 0.0182. The molecule has 0 saturated carbocycles. The maximum absolute atomic E-state index is 12.7. The Morgan fingerprint density at radius 3 is 2.32 bits per heavy atom. The number of nitrogens with two attached hydrogens (primary N) is 1. The van der Waals surface area contributed by atoms with Crippen LogP contribution in [-0.4, -0.2) is 34.8 Å². The molecule has 4 nitrogen and oxygen atoms in total. The van der Waals surface area contributed by atoms with Gasteiger partial charge in [-0.05, 0) is 20.8 Å². The van der Waals surface area contributed by atoms with Crippen molar-refractivity contribution in [2.45, 2.75) is 41.3 Å². The first-order valence-corrected chi connectivity index (χ1v) is 8.68. The van der Waals surface area contributed by atoms with E-state index in [0.717, 1.165) is 0 Å². The molecule has 1 fully saturated rings. The quantitative estimate of drug-likeness (QED) is 0.833. The molecule has 1 aliphatic heterocycles. The number of carbonyl (C=O) groups is 1. The van der Waals surface area contributed by atoms with E-state index in [2.05, 4.69) is 0 Å². The number of thioether (sulfide) groups is 1. The number of rotatable bonds is 2. The van der Waals surface area contributed by atoms with Crippen LogP contribution in [0, 0.1) is 5.92 Å². The highest BCUT2D eigenvalue weighted by atomic mass is 32.2. The van der Waals surface area contributed by atoms with E-state index in [4.69, 9.17) is 5.73 Å². The van der Waals surface area contributed by atoms with Gasteiger partial charge in [0, 0.05) is 11.2 Å². The van der Waals surface area contributed by atoms with Crippen LogP contribution in [0.2, 0.25) is 0 Å². The molecular weight excluding hydrogens is 282 g/mol. The summed E-state index contributed by atoms with van der Waals surface area (Å²) in [5, 5.41) is -1.39. The number of primary amides is 1. The van der Waals surface area contributed by atoms with Gasteiger partial charge in [0.25, 0.3) is 0 Å². The summed E-state index contributed by atoms with van der Waals surface area (Å²) in [5.41, 5.74) is 5.41. The predicted molar refractivity (Wildman–Crippen MR) is 78.6 cm³/mol. The van der Waals surface area contributed by atoms with E-state index in [1.54, 1.807) is 20.8 Å². The molecule has 0 bridgehead atoms. The summed E-state index contributed by atoms with van der Waals surface area (Å²) in [7, 11) is -3.45. The minimum Gasteiger partial charge on any atom is -0.369 e. The number of carbonyl (C=O) groups excluding carboxylic acids is 1. The zero-order valence-electron chi connectivity index (χ0n) is 11.2. The van der Waals surface area contributed by atoms with Crippen molar-refractivity contribution in [3.63, 3.8) is 0 Å². The van der Waals surface area contributed by atoms with Gasteiger partial charge in [0.1, 0.15) is 5.25 Å². The molecule has 0 aromatic rings. The lowest BCUT2D eigenvalue weighted by atomic mass is 9.95. The van der Waals surface area contributed by atoms with Gasteiger partial charge in [-0.3, -0.25) is 4.79 Å². The minimum atomic E-state index is -3.45. The zero-order valence-corrected chi connectivity index (χ0v) is 12.9. The Kier molecular flexibility index (Phi) is 3.60. The first kappa shape index (κ1) is 14.7. The predicted octanol–water partition coefficient (Wildman–Crippen LogP) is 1.28. The third kappa shape index (κ3) is 2.36. The van der Waals surface area contributed by atoms with Gasteiger partial charge in [0.05, 0.1) is 10.00 Å². The van der Waals surface area contributed by atoms with Crippen molar-refractivity contribution >= 4 is 27.5 Å². The Labute approximate surface area is 118 Å². The van der Waals surface area contributed by atoms with Crippen molar-refractivity contribution in [3.05, 3.63) is 24.3 Å². The summed E-state index contributed by atoms with van der Waals surface area (Å²) < 4.78 is 24.6. The Balaban J connectivity index is 2.48. The second-order valence-corrected chi connectivity index (χ2v) is 10.1. The molecule has 4 unspecified atom stereocenters. The van der Waals surface area contributed by atoms with Crippen LogP contribution in [-0.2, 0) is 14.6 Å². The lowest BCUT2D eigenvalue weighted by Crippen LogP contribution is -2.48. The van der Waals surface area contributed by atoms with Crippen molar-refractivity contribution in [2.24, 2.45) is 11.7 Å². The van der Waals surface area contributed by atoms with Crippen molar-refractivity contribution in [1.29, 1.82) is 0 Å². The van der Waals surface area contributed by atoms with Crippen LogP contribution in [0.15, 0.2) is 24.3 Å². The monoisotopic (exact) mass is 301 g/mol. The summed E-state index contributed by atoms with van der Waals surface area (Å²) in [5.74, 6) is -0.712. The fourth-order valence-electron chi connectivity index (χ4n) is 2.49. The van der Waals surface area contributed by atoms with E-state index < -0.39 is 31.0 Å². The largest absolute Gasteiger partial charge is 0.369 e. The number of allylic oxidation sites excluding steroid dienone is 3. The molecule has 2 rings (SSSR count). The third-order valence-electron chi connectivity index (χ3n) is 3.60. The van der Waals surface area contributed by atoms with Gasteiger partial charge in [-0.2, -0.15) is 0 Å². The first-order valence-electron chi connectivity index (χ1n) is 6.19. The maximum Gasteiger partial charge on any atom is 0.231 e. The van der Waals surface area contributed by atoms with Crippen molar-refractivity contribution in [3.8, 4) is 0 Å². The van der Waals surface area contributed by atoms with E-state index in [0.29, 0.717) is 0 Å². The van der Waals surface area contributed by atoms with E-state index in [9.17, 15) is 13.2 Å². The number of fused-ring (bicyclic) bond motifs is 1. The molecule has 1 amide bonds. The molecule has 4 atom stereocenters. The van der Waals surface area contributed by atoms with Gasteiger partial charge in [-0.25, -0.2) is 8.42 Å². The molecule has 0 aromatic carbocycles. The van der Waals surface area contributed by atoms with Crippen LogP contribution in [0.3, 0.4) is 0 Å². The van der Waals surface area contributed by atoms with Gasteiger partial charge in [-0.1, -0.05) is 24.3 Å². The normalized spacial score (nSPS) is 34.3. The molecule has 2 aliphatic rings. The molecule has 1 heterocycles. The summed E-state index contributed by atoms with van der Waals surface area (Å²) in [6.07, 6.45) is 7.56. The summed E-state index contributed by atoms with van der Waals surface area (Å²) in [4.78, 5) is 11.6. The fourth-order valence-corrected chi connectivity index (χ4v) is 6.60. The van der Waals surface area contributed by atoms with E-state index in [1.807, 2.05) is 24.3 Å². The van der Waals surface area contributed by atoms with Crippen LogP contribution in [0.1, 0.15) is 20.8 Å². The maximum atomic E-state index is 12.7. The first-order chi connectivity index (χ1) is 8.66. The highest BCUT2D eigenvalue weighted by molar-refractivity contribution is 8.03. The zero-order chi connectivity index (χ0) is 14.4. The summed E-state index contributed by atoms with van der Waals surface area (Å²) in [6, 6.07) is 0. The molecule has 19 heavy (non-hydrogen) atoms. The molecule has 0 spiro atoms. The SMILES string of the molecule is CC(C)(C)S(=O)(=O)C1C(C(N)=O)SC2C=CC=CC21. The Morgan fingerprint density at radius 1 is 1.21 bits per heavy atom. The molecule has 0 aromatic heterocycles. The van der Waals surface area contributed by atoms with Gasteiger partial charge in [0.15, 0.2) is 9.84 Å². The Bertz CT molecular complexity index is 543. The fraction of sp³-hybridized carbons (Fsp3) is 0.615. The average Bonchev–Trinajstić information content (AvgIpc) is 2.66. The molecule has 106 valence electrons. The third-order valence-corrected chi connectivity index (χ3v) is 8.39. The molecular formula is C13H19NO3S2. The highest BCUT2D eigenvalue weighted by Gasteiger charge is 2.54. The van der Waals surface area contributed by atoms with Crippen LogP contribution in [0.4, 0.5) is 0 Å². The van der Waals surface area contributed by atoms with Crippen LogP contribution >= 0.6 is 11.8 Å². The molecule has 0 radical (unpaired) electrons. The van der Waals surface area contributed by atoms with Gasteiger partial charge in [-0.15, -0.1) is 11.8 Å². The Morgan fingerprint density at radius 2 is 1.79 bits per heavy atom. The van der Waals surface area contributed by atoms with Gasteiger partial charge >= 0.3 is 0 Å². The van der Waals surface area contributed by atoms with Gasteiger partial charge in [0.2, 0.25) is 5.91 Å². The lowest BCUT2D eigenvalue weighted by Gasteiger charge is -2.30. The smallest absolute Gasteiger partial charge is 0.231 e. The second kappa shape index (κ2) is 4.66. The lowest BCUT2D eigenvalue weighted by molar-refractivity contribution is -0.117. The van der Waals surface area contributed by atoms with Gasteiger partial charge < -0.3 is 5.73 Å². The molecule has 1 aliphatic carbocycles. The molecule has 2 N–H and O–H groups in total. The highest BCUT2D eigenvalue weighted by Crippen LogP contribution is 2.47. The van der Waals surface area contributed by atoms with Crippen molar-refractivity contribution in [2.75, 3.05) is 0 Å². The molecule has 1 saturated heterocycles. The number of amides is 1. The number of hydrogen-bond donors (Lipinski definition) is 1. The second-order valence-electron chi connectivity index (χ2n) is 5.89. The number of hydrogen-bond acceptors (Lipinski definition) is 4. The van der Waals surface area contributed by atoms with Crippen LogP contribution in [0.5, 0.6) is 0 Å². The van der Waals surface area contributed by atoms with Crippen LogP contribution < -0.4 is 5.73 Å². The summed E-state index contributed by atoms with van der Waals surface area (Å²) >= 11 is 1.36. The average molecular weight is 301 g/mol. The topological polar surface area (TPSA) is 77.2 Å². The van der Waals surface area contributed by atoms with E-state index >= 15 is 0 Å². The Hall–Kier alpha value is -0.750. The standard InChI is InChI=1S/C13H19NO3S2/c1-13(2,3)19(16,17)11-8-6-4-5-7-9(8)18-10(11)12(14)15/h4-11H,1-3H3,(H2,14,15). The van der Waals surface area contributed by atoms with E-state index in [-0.39, 0.29) is 11.2 Å². The number of sulfone groups is 1. The molecule has 6 heteroatoms.